The number of fused-ring (bicyclic) bond motifs is 3. The van der Waals surface area contributed by atoms with Crippen molar-refractivity contribution in [3.05, 3.63) is 99.5 Å². The SMILES string of the molecule is CC1(C)OB(C(=Cc2cc(Cl)cc(C(F)(F)F)c2)CNC(=O)OCC2c3ccccc3-c3ccccc32)OC1(C)C. The van der Waals surface area contributed by atoms with Crippen LogP contribution in [-0.4, -0.2) is 37.6 Å². The lowest BCUT2D eigenvalue weighted by Crippen LogP contribution is -2.41. The maximum Gasteiger partial charge on any atom is 0.492 e. The molecule has 0 saturated carbocycles. The van der Waals surface area contributed by atoms with Crippen LogP contribution in [-0.2, 0) is 20.2 Å². The molecule has 0 radical (unpaired) electrons. The molecule has 0 unspecified atom stereocenters. The number of rotatable bonds is 6. The van der Waals surface area contributed by atoms with Gasteiger partial charge in [-0.25, -0.2) is 4.79 Å². The van der Waals surface area contributed by atoms with E-state index in [1.807, 2.05) is 64.1 Å². The van der Waals surface area contributed by atoms with Crippen molar-refractivity contribution >= 4 is 30.9 Å². The fourth-order valence-electron chi connectivity index (χ4n) is 5.09. The predicted octanol–water partition coefficient (Wildman–Crippen LogP) is 7.91. The molecule has 0 spiro atoms. The summed E-state index contributed by atoms with van der Waals surface area (Å²) in [5, 5.41) is 2.66. The van der Waals surface area contributed by atoms with Crippen molar-refractivity contribution in [1.82, 2.24) is 5.32 Å². The lowest BCUT2D eigenvalue weighted by molar-refractivity contribution is -0.137. The number of hydrogen-bond acceptors (Lipinski definition) is 4. The number of alkyl carbamates (subject to hydrolysis) is 1. The summed E-state index contributed by atoms with van der Waals surface area (Å²) in [7, 11) is -0.915. The Hall–Kier alpha value is -3.27. The van der Waals surface area contributed by atoms with Crippen molar-refractivity contribution in [3.8, 4) is 11.1 Å². The van der Waals surface area contributed by atoms with Crippen LogP contribution in [0, 0.1) is 0 Å². The Morgan fingerprint density at radius 1 is 0.976 bits per heavy atom. The first kappa shape index (κ1) is 29.2. The van der Waals surface area contributed by atoms with Crippen LogP contribution >= 0.6 is 11.6 Å². The second-order valence-electron chi connectivity index (χ2n) is 11.3. The van der Waals surface area contributed by atoms with Gasteiger partial charge in [-0.2, -0.15) is 13.2 Å². The van der Waals surface area contributed by atoms with Crippen molar-refractivity contribution in [2.45, 2.75) is 51.0 Å². The van der Waals surface area contributed by atoms with Crippen LogP contribution in [0.1, 0.15) is 55.9 Å². The molecule has 0 bridgehead atoms. The van der Waals surface area contributed by atoms with E-state index in [0.717, 1.165) is 34.4 Å². The van der Waals surface area contributed by atoms with Crippen molar-refractivity contribution in [2.75, 3.05) is 13.2 Å². The van der Waals surface area contributed by atoms with Crippen LogP contribution in [0.25, 0.3) is 17.2 Å². The lowest BCUT2D eigenvalue weighted by atomic mass is 9.77. The van der Waals surface area contributed by atoms with Gasteiger partial charge < -0.3 is 19.4 Å². The van der Waals surface area contributed by atoms with Gasteiger partial charge >= 0.3 is 19.4 Å². The molecule has 5 rings (SSSR count). The molecule has 1 saturated heterocycles. The average Bonchev–Trinajstić information content (AvgIpc) is 3.33. The first-order valence-corrected chi connectivity index (χ1v) is 13.7. The van der Waals surface area contributed by atoms with Gasteiger partial charge in [-0.1, -0.05) is 66.2 Å². The highest BCUT2D eigenvalue weighted by atomic mass is 35.5. The van der Waals surface area contributed by atoms with Gasteiger partial charge in [0, 0.05) is 17.5 Å². The minimum Gasteiger partial charge on any atom is -0.449 e. The molecule has 1 aliphatic carbocycles. The standard InChI is InChI=1S/C31H30BClF3NO4/c1-29(2)30(3,4)41-32(40-29)21(14-19-13-20(31(34,35)36)16-22(33)15-19)17-37-28(38)39-18-27-25-11-7-5-9-23(25)24-10-6-8-12-26(24)27/h5-16,27H,17-18H2,1-4H3,(H,37,38). The Morgan fingerprint density at radius 2 is 1.54 bits per heavy atom. The number of halogens is 4. The fraction of sp³-hybridized carbons (Fsp3) is 0.323. The number of ether oxygens (including phenoxy) is 1. The van der Waals surface area contributed by atoms with Crippen molar-refractivity contribution < 1.29 is 32.0 Å². The summed E-state index contributed by atoms with van der Waals surface area (Å²) in [4.78, 5) is 12.9. The third kappa shape index (κ3) is 6.03. The zero-order chi connectivity index (χ0) is 29.6. The maximum atomic E-state index is 13.4. The molecule has 1 amide bonds. The summed E-state index contributed by atoms with van der Waals surface area (Å²) >= 11 is 6.01. The number of benzene rings is 3. The number of carbonyl (C=O) groups is 1. The van der Waals surface area contributed by atoms with Gasteiger partial charge in [0.05, 0.1) is 16.8 Å². The number of hydrogen-bond donors (Lipinski definition) is 1. The van der Waals surface area contributed by atoms with E-state index < -0.39 is 36.2 Å². The molecule has 41 heavy (non-hydrogen) atoms. The fourth-order valence-corrected chi connectivity index (χ4v) is 5.34. The number of carbonyl (C=O) groups excluding carboxylic acids is 1. The largest absolute Gasteiger partial charge is 0.492 e. The molecule has 10 heteroatoms. The van der Waals surface area contributed by atoms with E-state index in [1.54, 1.807) is 0 Å². The summed E-state index contributed by atoms with van der Waals surface area (Å²) in [5.41, 5.74) is 2.72. The first-order valence-electron chi connectivity index (χ1n) is 13.3. The van der Waals surface area contributed by atoms with Crippen molar-refractivity contribution in [2.24, 2.45) is 0 Å². The van der Waals surface area contributed by atoms with E-state index in [1.165, 1.54) is 12.1 Å². The molecule has 2 aliphatic rings. The molecule has 1 heterocycles. The topological polar surface area (TPSA) is 56.8 Å². The molecule has 3 aromatic carbocycles. The third-order valence-corrected chi connectivity index (χ3v) is 8.15. The molecule has 1 aliphatic heterocycles. The van der Waals surface area contributed by atoms with Crippen LogP contribution in [0.5, 0.6) is 0 Å². The second kappa shape index (κ2) is 10.9. The monoisotopic (exact) mass is 583 g/mol. The molecule has 214 valence electrons. The Morgan fingerprint density at radius 3 is 2.10 bits per heavy atom. The van der Waals surface area contributed by atoms with E-state index >= 15 is 0 Å². The highest BCUT2D eigenvalue weighted by Crippen LogP contribution is 2.44. The Balaban J connectivity index is 1.34. The number of alkyl halides is 3. The molecule has 1 fully saturated rings. The average molecular weight is 584 g/mol. The minimum absolute atomic E-state index is 0.0659. The van der Waals surface area contributed by atoms with Crippen LogP contribution in [0.4, 0.5) is 18.0 Å². The maximum absolute atomic E-state index is 13.4. The molecule has 0 atom stereocenters. The molecular weight excluding hydrogens is 554 g/mol. The van der Waals surface area contributed by atoms with E-state index in [9.17, 15) is 18.0 Å². The predicted molar refractivity (Wildman–Crippen MR) is 154 cm³/mol. The lowest BCUT2D eigenvalue weighted by Gasteiger charge is -2.32. The Bertz CT molecular complexity index is 1440. The van der Waals surface area contributed by atoms with Crippen LogP contribution < -0.4 is 5.32 Å². The third-order valence-electron chi connectivity index (χ3n) is 7.94. The minimum atomic E-state index is -4.57. The zero-order valence-corrected chi connectivity index (χ0v) is 23.9. The van der Waals surface area contributed by atoms with E-state index in [-0.39, 0.29) is 29.7 Å². The van der Waals surface area contributed by atoms with Gasteiger partial charge in [0.15, 0.2) is 0 Å². The van der Waals surface area contributed by atoms with Crippen LogP contribution in [0.15, 0.2) is 72.2 Å². The summed E-state index contributed by atoms with van der Waals surface area (Å²) in [6.45, 7) is 7.50. The highest BCUT2D eigenvalue weighted by Gasteiger charge is 2.52. The van der Waals surface area contributed by atoms with Crippen LogP contribution in [0.2, 0.25) is 5.02 Å². The van der Waals surface area contributed by atoms with Crippen LogP contribution in [0.3, 0.4) is 0 Å². The van der Waals surface area contributed by atoms with E-state index in [4.69, 9.17) is 25.6 Å². The Kier molecular flexibility index (Phi) is 7.74. The molecule has 1 N–H and O–H groups in total. The molecule has 3 aromatic rings. The summed E-state index contributed by atoms with van der Waals surface area (Å²) in [6.07, 6.45) is -3.75. The smallest absolute Gasteiger partial charge is 0.449 e. The second-order valence-corrected chi connectivity index (χ2v) is 11.7. The molecular formula is C31H30BClF3NO4. The summed E-state index contributed by atoms with van der Waals surface area (Å²) in [6, 6.07) is 19.3. The van der Waals surface area contributed by atoms with Crippen molar-refractivity contribution in [3.63, 3.8) is 0 Å². The van der Waals surface area contributed by atoms with E-state index in [2.05, 4.69) is 17.4 Å². The van der Waals surface area contributed by atoms with E-state index in [0.29, 0.717) is 5.47 Å². The van der Waals surface area contributed by atoms with Crippen molar-refractivity contribution in [1.29, 1.82) is 0 Å². The summed E-state index contributed by atoms with van der Waals surface area (Å²) in [5.74, 6) is -0.112. The number of amides is 1. The normalized spacial score (nSPS) is 17.8. The van der Waals surface area contributed by atoms with Gasteiger partial charge in [-0.15, -0.1) is 0 Å². The van der Waals surface area contributed by atoms with Gasteiger partial charge in [0.25, 0.3) is 0 Å². The molecule has 5 nitrogen and oxygen atoms in total. The highest BCUT2D eigenvalue weighted by molar-refractivity contribution is 6.56. The number of nitrogens with one attached hydrogen (secondary N) is 1. The Labute approximate surface area is 242 Å². The van der Waals surface area contributed by atoms with Gasteiger partial charge in [-0.3, -0.25) is 0 Å². The van der Waals surface area contributed by atoms with Gasteiger partial charge in [-0.05, 0) is 79.2 Å². The summed E-state index contributed by atoms with van der Waals surface area (Å²) < 4.78 is 58.2. The molecule has 0 aromatic heterocycles. The zero-order valence-electron chi connectivity index (χ0n) is 23.1. The quantitative estimate of drug-likeness (QED) is 0.300. The first-order chi connectivity index (χ1) is 19.2. The van der Waals surface area contributed by atoms with Gasteiger partial charge in [0.1, 0.15) is 6.61 Å². The van der Waals surface area contributed by atoms with Gasteiger partial charge in [0.2, 0.25) is 0 Å².